The Morgan fingerprint density at radius 2 is 2.00 bits per heavy atom. The van der Waals surface area contributed by atoms with Crippen LogP contribution in [0, 0.1) is 0 Å². The summed E-state index contributed by atoms with van der Waals surface area (Å²) in [6.45, 7) is 0. The van der Waals surface area contributed by atoms with Crippen molar-refractivity contribution in [2.24, 2.45) is 5.10 Å². The Morgan fingerprint density at radius 3 is 2.59 bits per heavy atom. The summed E-state index contributed by atoms with van der Waals surface area (Å²) in [4.78, 5) is 10.4. The third-order valence-corrected chi connectivity index (χ3v) is 2.44. The highest BCUT2D eigenvalue weighted by Gasteiger charge is 2.38. The number of hydrogen-bond acceptors (Lipinski definition) is 2. The summed E-state index contributed by atoms with van der Waals surface area (Å²) in [7, 11) is 0. The fourth-order valence-corrected chi connectivity index (χ4v) is 1.20. The van der Waals surface area contributed by atoms with Gasteiger partial charge >= 0.3 is 12.1 Å². The number of halogens is 5. The van der Waals surface area contributed by atoms with Gasteiger partial charge < -0.3 is 0 Å². The first-order valence-electron chi connectivity index (χ1n) is 4.16. The minimum atomic E-state index is -4.98. The highest BCUT2D eigenvalue weighted by atomic mass is 35.5. The van der Waals surface area contributed by atoms with Crippen LogP contribution in [0.25, 0.3) is 0 Å². The van der Waals surface area contributed by atoms with Crippen molar-refractivity contribution in [3.63, 3.8) is 0 Å². The van der Waals surface area contributed by atoms with Gasteiger partial charge in [-0.1, -0.05) is 35.3 Å². The summed E-state index contributed by atoms with van der Waals surface area (Å²) in [6, 6.07) is 4.54. The van der Waals surface area contributed by atoms with E-state index in [1.807, 2.05) is 0 Å². The SMILES string of the molecule is O=C(N/N=C/c1cccc(Cl)c1Cl)C(F)(F)F. The zero-order valence-electron chi connectivity index (χ0n) is 8.05. The van der Waals surface area contributed by atoms with Crippen molar-refractivity contribution in [2.75, 3.05) is 0 Å². The molecule has 0 saturated carbocycles. The van der Waals surface area contributed by atoms with E-state index >= 15 is 0 Å². The van der Waals surface area contributed by atoms with Gasteiger partial charge in [0.1, 0.15) is 0 Å². The van der Waals surface area contributed by atoms with Crippen molar-refractivity contribution in [1.29, 1.82) is 0 Å². The number of hydrazone groups is 1. The first-order chi connectivity index (χ1) is 7.82. The second-order valence-electron chi connectivity index (χ2n) is 2.84. The maximum atomic E-state index is 11.8. The van der Waals surface area contributed by atoms with E-state index in [0.717, 1.165) is 6.21 Å². The van der Waals surface area contributed by atoms with Gasteiger partial charge in [-0.2, -0.15) is 18.3 Å². The summed E-state index contributed by atoms with van der Waals surface area (Å²) in [6.07, 6.45) is -4.01. The van der Waals surface area contributed by atoms with Gasteiger partial charge in [0.15, 0.2) is 0 Å². The molecule has 1 aromatic rings. The molecule has 17 heavy (non-hydrogen) atoms. The Labute approximate surface area is 104 Å². The van der Waals surface area contributed by atoms with Crippen LogP contribution in [0.4, 0.5) is 13.2 Å². The quantitative estimate of drug-likeness (QED) is 0.658. The maximum Gasteiger partial charge on any atom is 0.473 e. The lowest BCUT2D eigenvalue weighted by Crippen LogP contribution is -2.33. The van der Waals surface area contributed by atoms with Crippen LogP contribution in [-0.2, 0) is 4.79 Å². The maximum absolute atomic E-state index is 11.8. The summed E-state index contributed by atoms with van der Waals surface area (Å²) >= 11 is 11.4. The van der Waals surface area contributed by atoms with Gasteiger partial charge in [-0.15, -0.1) is 0 Å². The number of alkyl halides is 3. The van der Waals surface area contributed by atoms with E-state index in [-0.39, 0.29) is 10.0 Å². The summed E-state index contributed by atoms with van der Waals surface area (Å²) in [5.41, 5.74) is 1.61. The predicted octanol–water partition coefficient (Wildman–Crippen LogP) is 3.01. The third-order valence-electron chi connectivity index (χ3n) is 1.61. The molecule has 0 aliphatic heterocycles. The average Bonchev–Trinajstić information content (AvgIpc) is 2.22. The van der Waals surface area contributed by atoms with Crippen molar-refractivity contribution in [3.8, 4) is 0 Å². The lowest BCUT2D eigenvalue weighted by molar-refractivity contribution is -0.173. The number of carbonyl (C=O) groups excluding carboxylic acids is 1. The van der Waals surface area contributed by atoms with Gasteiger partial charge in [-0.25, -0.2) is 5.43 Å². The molecule has 1 rings (SSSR count). The van der Waals surface area contributed by atoms with E-state index < -0.39 is 12.1 Å². The van der Waals surface area contributed by atoms with E-state index in [4.69, 9.17) is 23.2 Å². The Balaban J connectivity index is 2.73. The Hall–Kier alpha value is -1.27. The van der Waals surface area contributed by atoms with E-state index in [1.165, 1.54) is 17.6 Å². The van der Waals surface area contributed by atoms with E-state index in [2.05, 4.69) is 5.10 Å². The fraction of sp³-hybridized carbons (Fsp3) is 0.111. The molecule has 92 valence electrons. The Morgan fingerprint density at radius 1 is 1.35 bits per heavy atom. The lowest BCUT2D eigenvalue weighted by atomic mass is 10.2. The second-order valence-corrected chi connectivity index (χ2v) is 3.63. The average molecular weight is 285 g/mol. The van der Waals surface area contributed by atoms with Gasteiger partial charge in [0.2, 0.25) is 0 Å². The fourth-order valence-electron chi connectivity index (χ4n) is 0.844. The molecule has 0 saturated heterocycles. The van der Waals surface area contributed by atoms with Gasteiger partial charge in [0, 0.05) is 5.56 Å². The van der Waals surface area contributed by atoms with Crippen molar-refractivity contribution in [2.45, 2.75) is 6.18 Å². The van der Waals surface area contributed by atoms with Crippen LogP contribution in [-0.4, -0.2) is 18.3 Å². The molecule has 0 radical (unpaired) electrons. The zero-order valence-corrected chi connectivity index (χ0v) is 9.57. The number of benzene rings is 1. The van der Waals surface area contributed by atoms with Crippen molar-refractivity contribution >= 4 is 35.3 Å². The molecule has 1 amide bonds. The van der Waals surface area contributed by atoms with E-state index in [1.54, 1.807) is 6.07 Å². The van der Waals surface area contributed by atoms with Crippen LogP contribution in [0.15, 0.2) is 23.3 Å². The highest BCUT2D eigenvalue weighted by molar-refractivity contribution is 6.43. The molecule has 3 nitrogen and oxygen atoms in total. The van der Waals surface area contributed by atoms with Gasteiger partial charge in [0.05, 0.1) is 16.3 Å². The highest BCUT2D eigenvalue weighted by Crippen LogP contribution is 2.24. The molecule has 0 fully saturated rings. The molecule has 0 aliphatic rings. The number of carbonyl (C=O) groups is 1. The van der Waals surface area contributed by atoms with Gasteiger partial charge in [0.25, 0.3) is 0 Å². The summed E-state index contributed by atoms with van der Waals surface area (Å²) in [5, 5.41) is 3.49. The molecular formula is C9H5Cl2F3N2O. The smallest absolute Gasteiger partial charge is 0.263 e. The topological polar surface area (TPSA) is 41.5 Å². The number of nitrogens with one attached hydrogen (secondary N) is 1. The number of hydrogen-bond donors (Lipinski definition) is 1. The van der Waals surface area contributed by atoms with Crippen LogP contribution in [0.5, 0.6) is 0 Å². The lowest BCUT2D eigenvalue weighted by Gasteiger charge is -2.03. The first kappa shape index (κ1) is 13.8. The van der Waals surface area contributed by atoms with E-state index in [9.17, 15) is 18.0 Å². The minimum absolute atomic E-state index is 0.138. The molecule has 0 heterocycles. The largest absolute Gasteiger partial charge is 0.473 e. The molecule has 1 N–H and O–H groups in total. The third kappa shape index (κ3) is 3.90. The van der Waals surface area contributed by atoms with E-state index in [0.29, 0.717) is 5.56 Å². The monoisotopic (exact) mass is 284 g/mol. The molecule has 0 unspecified atom stereocenters. The number of nitrogens with zero attached hydrogens (tertiary/aromatic N) is 1. The standard InChI is InChI=1S/C9H5Cl2F3N2O/c10-6-3-1-2-5(7(6)11)4-15-16-8(17)9(12,13)14/h1-4H,(H,16,17)/b15-4+. The molecule has 0 atom stereocenters. The minimum Gasteiger partial charge on any atom is -0.263 e. The van der Waals surface area contributed by atoms with Crippen molar-refractivity contribution in [1.82, 2.24) is 5.43 Å². The molecule has 0 spiro atoms. The van der Waals surface area contributed by atoms with Crippen LogP contribution < -0.4 is 5.43 Å². The van der Waals surface area contributed by atoms with Gasteiger partial charge in [-0.05, 0) is 6.07 Å². The number of rotatable bonds is 2. The first-order valence-corrected chi connectivity index (χ1v) is 4.92. The molecular weight excluding hydrogens is 280 g/mol. The molecule has 8 heteroatoms. The molecule has 0 aromatic heterocycles. The molecule has 0 bridgehead atoms. The van der Waals surface area contributed by atoms with Crippen LogP contribution >= 0.6 is 23.2 Å². The zero-order chi connectivity index (χ0) is 13.1. The Kier molecular flexibility index (Phi) is 4.36. The number of amides is 1. The van der Waals surface area contributed by atoms with Crippen LogP contribution in [0.1, 0.15) is 5.56 Å². The summed E-state index contributed by atoms with van der Waals surface area (Å²) < 4.78 is 35.4. The Bertz CT molecular complexity index is 460. The van der Waals surface area contributed by atoms with Crippen LogP contribution in [0.2, 0.25) is 10.0 Å². The molecule has 1 aromatic carbocycles. The normalized spacial score (nSPS) is 11.8. The molecule has 0 aliphatic carbocycles. The van der Waals surface area contributed by atoms with Gasteiger partial charge in [-0.3, -0.25) is 4.79 Å². The second kappa shape index (κ2) is 5.37. The van der Waals surface area contributed by atoms with Crippen molar-refractivity contribution in [3.05, 3.63) is 33.8 Å². The van der Waals surface area contributed by atoms with Crippen molar-refractivity contribution < 1.29 is 18.0 Å². The summed E-state index contributed by atoms with van der Waals surface area (Å²) in [5.74, 6) is -2.16. The van der Waals surface area contributed by atoms with Crippen LogP contribution in [0.3, 0.4) is 0 Å². The predicted molar refractivity (Wildman–Crippen MR) is 58.3 cm³/mol.